The van der Waals surface area contributed by atoms with Gasteiger partial charge in [-0.1, -0.05) is 43.3 Å². The van der Waals surface area contributed by atoms with Crippen LogP contribution in [0.3, 0.4) is 0 Å². The molecule has 7 nitrogen and oxygen atoms in total. The summed E-state index contributed by atoms with van der Waals surface area (Å²) in [6.07, 6.45) is 0.854. The minimum Gasteiger partial charge on any atom is -0.507 e. The molecule has 0 saturated carbocycles. The highest BCUT2D eigenvalue weighted by molar-refractivity contribution is 6.46. The molecule has 1 amide bonds. The van der Waals surface area contributed by atoms with Crippen LogP contribution in [0.4, 0.5) is 0 Å². The number of Topliss-reactive ketones (excluding diaryl/α,β-unsaturated/α-hetero) is 1. The summed E-state index contributed by atoms with van der Waals surface area (Å²) in [6.45, 7) is 3.47. The van der Waals surface area contributed by atoms with Gasteiger partial charge < -0.3 is 24.4 Å². The minimum atomic E-state index is -0.732. The molecule has 170 valence electrons. The van der Waals surface area contributed by atoms with Crippen LogP contribution in [0.5, 0.6) is 11.5 Å². The van der Waals surface area contributed by atoms with E-state index in [-0.39, 0.29) is 11.3 Å². The molecule has 1 fully saturated rings. The zero-order valence-electron chi connectivity index (χ0n) is 19.0. The van der Waals surface area contributed by atoms with Crippen molar-refractivity contribution in [3.05, 3.63) is 65.2 Å². The quantitative estimate of drug-likeness (QED) is 0.367. The normalized spacial score (nSPS) is 17.8. The van der Waals surface area contributed by atoms with Crippen LogP contribution in [-0.2, 0) is 9.59 Å². The van der Waals surface area contributed by atoms with Crippen molar-refractivity contribution in [1.82, 2.24) is 9.80 Å². The monoisotopic (exact) mass is 438 g/mol. The van der Waals surface area contributed by atoms with Gasteiger partial charge in [0.25, 0.3) is 11.7 Å². The number of carbonyl (C=O) groups is 2. The Morgan fingerprint density at radius 2 is 1.81 bits per heavy atom. The molecule has 0 radical (unpaired) electrons. The van der Waals surface area contributed by atoms with Gasteiger partial charge in [-0.15, -0.1) is 0 Å². The highest BCUT2D eigenvalue weighted by atomic mass is 16.5. The van der Waals surface area contributed by atoms with E-state index in [0.29, 0.717) is 42.3 Å². The second-order valence-corrected chi connectivity index (χ2v) is 7.92. The summed E-state index contributed by atoms with van der Waals surface area (Å²) in [7, 11) is 5.35. The van der Waals surface area contributed by atoms with Gasteiger partial charge in [0.2, 0.25) is 0 Å². The van der Waals surface area contributed by atoms with Gasteiger partial charge >= 0.3 is 0 Å². The Bertz CT molecular complexity index is 1000. The lowest BCUT2D eigenvalue weighted by Crippen LogP contribution is -2.35. The Labute approximate surface area is 188 Å². The summed E-state index contributed by atoms with van der Waals surface area (Å²) in [6, 6.07) is 13.4. The first kappa shape index (κ1) is 23.3. The number of likely N-dealkylation sites (N-methyl/N-ethyl adjacent to an activating group) is 1. The first-order chi connectivity index (χ1) is 15.4. The molecule has 2 aromatic carbocycles. The lowest BCUT2D eigenvalue weighted by atomic mass is 9.95. The van der Waals surface area contributed by atoms with Crippen LogP contribution < -0.4 is 9.47 Å². The summed E-state index contributed by atoms with van der Waals surface area (Å²) >= 11 is 0. The number of nitrogens with zero attached hydrogens (tertiary/aromatic N) is 2. The number of ketones is 1. The van der Waals surface area contributed by atoms with Gasteiger partial charge in [0.15, 0.2) is 11.5 Å². The number of hydrogen-bond donors (Lipinski definition) is 1. The van der Waals surface area contributed by atoms with Crippen LogP contribution in [0, 0.1) is 0 Å². The van der Waals surface area contributed by atoms with Crippen molar-refractivity contribution >= 4 is 17.4 Å². The number of carbonyl (C=O) groups excluding carboxylic acids is 2. The Morgan fingerprint density at radius 3 is 2.44 bits per heavy atom. The minimum absolute atomic E-state index is 0.0734. The van der Waals surface area contributed by atoms with E-state index in [1.165, 1.54) is 4.90 Å². The fraction of sp³-hybridized carbons (Fsp3) is 0.360. The third-order valence-electron chi connectivity index (χ3n) is 5.34. The lowest BCUT2D eigenvalue weighted by molar-refractivity contribution is -0.140. The first-order valence-electron chi connectivity index (χ1n) is 10.7. The highest BCUT2D eigenvalue weighted by Gasteiger charge is 2.46. The van der Waals surface area contributed by atoms with Gasteiger partial charge in [0, 0.05) is 18.7 Å². The van der Waals surface area contributed by atoms with E-state index in [1.807, 2.05) is 38.1 Å². The summed E-state index contributed by atoms with van der Waals surface area (Å²) < 4.78 is 11.3. The maximum absolute atomic E-state index is 13.0. The van der Waals surface area contributed by atoms with Crippen LogP contribution in [0.25, 0.3) is 5.76 Å². The fourth-order valence-electron chi connectivity index (χ4n) is 3.70. The molecule has 1 atom stereocenters. The number of benzene rings is 2. The highest BCUT2D eigenvalue weighted by Crippen LogP contribution is 2.41. The van der Waals surface area contributed by atoms with Crippen molar-refractivity contribution in [2.75, 3.05) is 40.9 Å². The van der Waals surface area contributed by atoms with E-state index in [9.17, 15) is 14.7 Å². The first-order valence-corrected chi connectivity index (χ1v) is 10.7. The molecule has 0 bridgehead atoms. The van der Waals surface area contributed by atoms with Crippen LogP contribution >= 0.6 is 0 Å². The van der Waals surface area contributed by atoms with Crippen molar-refractivity contribution in [2.45, 2.75) is 19.4 Å². The molecular formula is C25H30N2O5. The largest absolute Gasteiger partial charge is 0.507 e. The number of hydrogen-bond acceptors (Lipinski definition) is 6. The zero-order chi connectivity index (χ0) is 23.3. The van der Waals surface area contributed by atoms with Gasteiger partial charge in [-0.25, -0.2) is 0 Å². The molecule has 3 rings (SSSR count). The van der Waals surface area contributed by atoms with Gasteiger partial charge in [-0.3, -0.25) is 9.59 Å². The van der Waals surface area contributed by atoms with E-state index in [2.05, 4.69) is 0 Å². The molecule has 1 N–H and O–H groups in total. The van der Waals surface area contributed by atoms with Crippen molar-refractivity contribution in [1.29, 1.82) is 0 Å². The van der Waals surface area contributed by atoms with Gasteiger partial charge in [-0.2, -0.15) is 0 Å². The summed E-state index contributed by atoms with van der Waals surface area (Å²) in [5.74, 6) is -0.410. The van der Waals surface area contributed by atoms with E-state index >= 15 is 0 Å². The lowest BCUT2D eigenvalue weighted by Gasteiger charge is -2.27. The molecule has 1 aliphatic heterocycles. The summed E-state index contributed by atoms with van der Waals surface area (Å²) in [4.78, 5) is 29.5. The van der Waals surface area contributed by atoms with E-state index in [1.54, 1.807) is 43.5 Å². The Kier molecular flexibility index (Phi) is 7.53. The molecule has 0 aromatic heterocycles. The van der Waals surface area contributed by atoms with Crippen LogP contribution in [0.1, 0.15) is 30.5 Å². The van der Waals surface area contributed by atoms with Crippen molar-refractivity contribution in [2.24, 2.45) is 0 Å². The SMILES string of the molecule is CCCOc1ccc([C@@H]2C(=C(O)c3ccccc3)C(=O)C(=O)N2CCN(C)C)cc1OC. The Hall–Kier alpha value is -3.32. The van der Waals surface area contributed by atoms with Crippen LogP contribution in [0.15, 0.2) is 54.1 Å². The van der Waals surface area contributed by atoms with Crippen LogP contribution in [0.2, 0.25) is 0 Å². The number of amides is 1. The average Bonchev–Trinajstić information content (AvgIpc) is 3.06. The van der Waals surface area contributed by atoms with Gasteiger partial charge in [0.1, 0.15) is 5.76 Å². The number of likely N-dealkylation sites (tertiary alicyclic amines) is 1. The molecule has 32 heavy (non-hydrogen) atoms. The van der Waals surface area contributed by atoms with E-state index in [4.69, 9.17) is 9.47 Å². The Morgan fingerprint density at radius 1 is 1.09 bits per heavy atom. The van der Waals surface area contributed by atoms with Crippen molar-refractivity contribution < 1.29 is 24.2 Å². The Balaban J connectivity index is 2.13. The van der Waals surface area contributed by atoms with Crippen molar-refractivity contribution in [3.63, 3.8) is 0 Å². The van der Waals surface area contributed by atoms with Gasteiger partial charge in [0.05, 0.1) is 25.3 Å². The third kappa shape index (κ3) is 4.78. The maximum Gasteiger partial charge on any atom is 0.295 e. The van der Waals surface area contributed by atoms with E-state index in [0.717, 1.165) is 6.42 Å². The number of ether oxygens (including phenoxy) is 2. The molecule has 0 aliphatic carbocycles. The van der Waals surface area contributed by atoms with Crippen LogP contribution in [-0.4, -0.2) is 67.5 Å². The second-order valence-electron chi connectivity index (χ2n) is 7.92. The molecule has 1 heterocycles. The standard InChI is InChI=1S/C25H30N2O5/c1-5-15-32-19-12-11-18(16-20(19)31-4)22-21(23(28)17-9-7-6-8-10-17)24(29)25(30)27(22)14-13-26(2)3/h6-12,16,22,28H,5,13-15H2,1-4H3/t22-/m1/s1. The number of rotatable bonds is 9. The molecule has 0 unspecified atom stereocenters. The second kappa shape index (κ2) is 10.3. The predicted octanol–water partition coefficient (Wildman–Crippen LogP) is 3.47. The smallest absolute Gasteiger partial charge is 0.295 e. The molecular weight excluding hydrogens is 408 g/mol. The maximum atomic E-state index is 13.0. The fourth-order valence-corrected chi connectivity index (χ4v) is 3.70. The van der Waals surface area contributed by atoms with E-state index < -0.39 is 17.7 Å². The number of aliphatic hydroxyl groups excluding tert-OH is 1. The molecule has 1 saturated heterocycles. The third-order valence-corrected chi connectivity index (χ3v) is 5.34. The number of aliphatic hydroxyl groups is 1. The molecule has 0 spiro atoms. The molecule has 1 aliphatic rings. The predicted molar refractivity (Wildman–Crippen MR) is 123 cm³/mol. The molecule has 7 heteroatoms. The number of methoxy groups -OCH3 is 1. The summed E-state index contributed by atoms with van der Waals surface area (Å²) in [5, 5.41) is 11.0. The van der Waals surface area contributed by atoms with Crippen molar-refractivity contribution in [3.8, 4) is 11.5 Å². The molecule has 2 aromatic rings. The summed E-state index contributed by atoms with van der Waals surface area (Å²) in [5.41, 5.74) is 1.23. The zero-order valence-corrected chi connectivity index (χ0v) is 19.0. The average molecular weight is 439 g/mol. The topological polar surface area (TPSA) is 79.3 Å². The van der Waals surface area contributed by atoms with Gasteiger partial charge in [-0.05, 0) is 38.2 Å².